The molecule has 0 bridgehead atoms. The molecule has 0 spiro atoms. The second-order valence-electron chi connectivity index (χ2n) is 5.04. The molecule has 1 rings (SSSR count). The molecule has 0 aliphatic heterocycles. The number of carbonyl (C=O) groups is 1. The zero-order valence-electron chi connectivity index (χ0n) is 13.7. The predicted molar refractivity (Wildman–Crippen MR) is 88.7 cm³/mol. The zero-order chi connectivity index (χ0) is 16.2. The van der Waals surface area contributed by atoms with Crippen LogP contribution in [0.4, 0.5) is 0 Å². The summed E-state index contributed by atoms with van der Waals surface area (Å²) < 4.78 is 10.5. The number of hydrazone groups is 1. The summed E-state index contributed by atoms with van der Waals surface area (Å²) >= 11 is 0. The number of hydrogen-bond acceptors (Lipinski definition) is 4. The molecule has 0 fully saturated rings. The first-order chi connectivity index (χ1) is 10.7. The van der Waals surface area contributed by atoms with E-state index in [0.717, 1.165) is 18.4 Å². The van der Waals surface area contributed by atoms with Crippen LogP contribution in [0.25, 0.3) is 0 Å². The molecule has 0 unspecified atom stereocenters. The number of nitrogens with zero attached hydrogens (tertiary/aromatic N) is 1. The fourth-order valence-electron chi connectivity index (χ4n) is 2.13. The smallest absolute Gasteiger partial charge is 0.240 e. The molecule has 5 nitrogen and oxygen atoms in total. The van der Waals surface area contributed by atoms with Crippen LogP contribution in [0, 0.1) is 0 Å². The van der Waals surface area contributed by atoms with Crippen molar-refractivity contribution in [2.75, 3.05) is 14.2 Å². The van der Waals surface area contributed by atoms with E-state index in [1.165, 1.54) is 19.3 Å². The summed E-state index contributed by atoms with van der Waals surface area (Å²) in [5.74, 6) is 1.17. The normalized spacial score (nSPS) is 10.7. The molecule has 0 radical (unpaired) electrons. The van der Waals surface area contributed by atoms with Gasteiger partial charge in [-0.15, -0.1) is 0 Å². The summed E-state index contributed by atoms with van der Waals surface area (Å²) in [6, 6.07) is 5.51. The molecule has 0 aliphatic rings. The molecule has 1 amide bonds. The third kappa shape index (κ3) is 6.16. The van der Waals surface area contributed by atoms with Gasteiger partial charge in [-0.25, -0.2) is 5.43 Å². The third-order valence-corrected chi connectivity index (χ3v) is 3.33. The molecule has 1 N–H and O–H groups in total. The van der Waals surface area contributed by atoms with E-state index < -0.39 is 0 Å². The lowest BCUT2D eigenvalue weighted by molar-refractivity contribution is -0.121. The maximum Gasteiger partial charge on any atom is 0.240 e. The van der Waals surface area contributed by atoms with Crippen molar-refractivity contribution in [1.29, 1.82) is 0 Å². The molecular weight excluding hydrogens is 280 g/mol. The fraction of sp³-hybridized carbons (Fsp3) is 0.529. The number of para-hydroxylation sites is 1. The number of amides is 1. The number of rotatable bonds is 10. The lowest BCUT2D eigenvalue weighted by Crippen LogP contribution is -2.17. The lowest BCUT2D eigenvalue weighted by Gasteiger charge is -2.09. The third-order valence-electron chi connectivity index (χ3n) is 3.33. The maximum atomic E-state index is 11.7. The van der Waals surface area contributed by atoms with E-state index in [0.29, 0.717) is 17.9 Å². The van der Waals surface area contributed by atoms with Gasteiger partial charge in [0.2, 0.25) is 5.91 Å². The molecular formula is C17H26N2O3. The highest BCUT2D eigenvalue weighted by Crippen LogP contribution is 2.29. The van der Waals surface area contributed by atoms with Crippen LogP contribution in [0.5, 0.6) is 11.5 Å². The first-order valence-electron chi connectivity index (χ1n) is 7.75. The number of unbranched alkanes of at least 4 members (excludes halogenated alkanes) is 4. The summed E-state index contributed by atoms with van der Waals surface area (Å²) in [7, 11) is 3.16. The Morgan fingerprint density at radius 3 is 2.64 bits per heavy atom. The maximum absolute atomic E-state index is 11.7. The molecule has 0 heterocycles. The van der Waals surface area contributed by atoms with Crippen molar-refractivity contribution in [2.24, 2.45) is 5.10 Å². The van der Waals surface area contributed by atoms with Crippen molar-refractivity contribution in [1.82, 2.24) is 5.43 Å². The van der Waals surface area contributed by atoms with E-state index in [1.54, 1.807) is 20.4 Å². The highest BCUT2D eigenvalue weighted by molar-refractivity contribution is 5.86. The van der Waals surface area contributed by atoms with Gasteiger partial charge < -0.3 is 9.47 Å². The molecule has 122 valence electrons. The fourth-order valence-corrected chi connectivity index (χ4v) is 2.13. The highest BCUT2D eigenvalue weighted by atomic mass is 16.5. The topological polar surface area (TPSA) is 59.9 Å². The summed E-state index contributed by atoms with van der Waals surface area (Å²) in [6.07, 6.45) is 7.70. The van der Waals surface area contributed by atoms with Crippen LogP contribution >= 0.6 is 0 Å². The summed E-state index contributed by atoms with van der Waals surface area (Å²) in [5.41, 5.74) is 3.30. The summed E-state index contributed by atoms with van der Waals surface area (Å²) in [4.78, 5) is 11.7. The average Bonchev–Trinajstić information content (AvgIpc) is 2.54. The van der Waals surface area contributed by atoms with Gasteiger partial charge in [0, 0.05) is 12.0 Å². The van der Waals surface area contributed by atoms with Crippen LogP contribution in [0.1, 0.15) is 51.0 Å². The Kier molecular flexibility index (Phi) is 8.72. The minimum Gasteiger partial charge on any atom is -0.493 e. The van der Waals surface area contributed by atoms with Gasteiger partial charge in [-0.2, -0.15) is 5.10 Å². The van der Waals surface area contributed by atoms with Crippen LogP contribution in [-0.4, -0.2) is 26.3 Å². The van der Waals surface area contributed by atoms with Crippen molar-refractivity contribution in [3.05, 3.63) is 23.8 Å². The first kappa shape index (κ1) is 18.0. The van der Waals surface area contributed by atoms with Crippen molar-refractivity contribution in [3.63, 3.8) is 0 Å². The van der Waals surface area contributed by atoms with E-state index >= 15 is 0 Å². The van der Waals surface area contributed by atoms with Crippen molar-refractivity contribution in [2.45, 2.75) is 45.4 Å². The molecule has 0 saturated heterocycles. The second-order valence-corrected chi connectivity index (χ2v) is 5.04. The minimum absolute atomic E-state index is 0.0605. The van der Waals surface area contributed by atoms with Crippen molar-refractivity contribution >= 4 is 12.1 Å². The largest absolute Gasteiger partial charge is 0.493 e. The van der Waals surface area contributed by atoms with E-state index in [-0.39, 0.29) is 5.91 Å². The van der Waals surface area contributed by atoms with E-state index in [9.17, 15) is 4.79 Å². The summed E-state index contributed by atoms with van der Waals surface area (Å²) in [5, 5.41) is 3.98. The Hall–Kier alpha value is -2.04. The Balaban J connectivity index is 2.44. The standard InChI is InChI=1S/C17H26N2O3/c1-4-5-6-7-8-12-16(20)19-18-13-14-10-9-11-15(21-2)17(14)22-3/h9-11,13H,4-8,12H2,1-3H3,(H,19,20)/b18-13-. The van der Waals surface area contributed by atoms with Gasteiger partial charge in [0.1, 0.15) is 0 Å². The van der Waals surface area contributed by atoms with Crippen LogP contribution in [0.3, 0.4) is 0 Å². The van der Waals surface area contributed by atoms with E-state index in [2.05, 4.69) is 17.5 Å². The van der Waals surface area contributed by atoms with Gasteiger partial charge in [0.25, 0.3) is 0 Å². The van der Waals surface area contributed by atoms with Crippen LogP contribution < -0.4 is 14.9 Å². The lowest BCUT2D eigenvalue weighted by atomic mass is 10.1. The van der Waals surface area contributed by atoms with E-state index in [4.69, 9.17) is 9.47 Å². The van der Waals surface area contributed by atoms with Gasteiger partial charge >= 0.3 is 0 Å². The van der Waals surface area contributed by atoms with Gasteiger partial charge in [0.15, 0.2) is 11.5 Å². The average molecular weight is 306 g/mol. The number of hydrogen-bond donors (Lipinski definition) is 1. The highest BCUT2D eigenvalue weighted by Gasteiger charge is 2.07. The molecule has 0 saturated carbocycles. The number of methoxy groups -OCH3 is 2. The SMILES string of the molecule is CCCCCCCC(=O)N/N=C\c1cccc(OC)c1OC. The molecule has 1 aromatic rings. The Labute approximate surface area is 132 Å². The first-order valence-corrected chi connectivity index (χ1v) is 7.75. The number of ether oxygens (including phenoxy) is 2. The molecule has 22 heavy (non-hydrogen) atoms. The monoisotopic (exact) mass is 306 g/mol. The Morgan fingerprint density at radius 2 is 1.95 bits per heavy atom. The second kappa shape index (κ2) is 10.7. The predicted octanol–water partition coefficient (Wildman–Crippen LogP) is 3.51. The van der Waals surface area contributed by atoms with Crippen molar-refractivity contribution in [3.8, 4) is 11.5 Å². The number of carbonyl (C=O) groups excluding carboxylic acids is 1. The Bertz CT molecular complexity index is 487. The van der Waals surface area contributed by atoms with E-state index in [1.807, 2.05) is 18.2 Å². The molecule has 0 atom stereocenters. The zero-order valence-corrected chi connectivity index (χ0v) is 13.7. The van der Waals surface area contributed by atoms with Crippen LogP contribution in [-0.2, 0) is 4.79 Å². The Morgan fingerprint density at radius 1 is 1.18 bits per heavy atom. The molecule has 1 aromatic carbocycles. The minimum atomic E-state index is -0.0605. The van der Waals surface area contributed by atoms with Gasteiger partial charge in [-0.1, -0.05) is 38.7 Å². The molecule has 0 aromatic heterocycles. The quantitative estimate of drug-likeness (QED) is 0.409. The number of nitrogens with one attached hydrogen (secondary N) is 1. The van der Waals surface area contributed by atoms with Crippen LogP contribution in [0.2, 0.25) is 0 Å². The van der Waals surface area contributed by atoms with Gasteiger partial charge in [-0.05, 0) is 18.6 Å². The molecule has 5 heteroatoms. The van der Waals surface area contributed by atoms with Crippen LogP contribution in [0.15, 0.2) is 23.3 Å². The van der Waals surface area contributed by atoms with Crippen molar-refractivity contribution < 1.29 is 14.3 Å². The van der Waals surface area contributed by atoms with Gasteiger partial charge in [-0.3, -0.25) is 4.79 Å². The molecule has 0 aliphatic carbocycles. The summed E-state index contributed by atoms with van der Waals surface area (Å²) in [6.45, 7) is 2.17. The number of benzene rings is 1. The van der Waals surface area contributed by atoms with Gasteiger partial charge in [0.05, 0.1) is 20.4 Å².